The minimum atomic E-state index is -0.325. The molecule has 1 spiro atoms. The maximum atomic E-state index is 5.67. The van der Waals surface area contributed by atoms with E-state index in [1.54, 1.807) is 0 Å². The quantitative estimate of drug-likeness (QED) is 0.582. The van der Waals surface area contributed by atoms with Gasteiger partial charge in [-0.1, -0.05) is 5.16 Å². The van der Waals surface area contributed by atoms with Crippen molar-refractivity contribution >= 4 is 5.71 Å². The summed E-state index contributed by atoms with van der Waals surface area (Å²) >= 11 is 0. The Morgan fingerprint density at radius 2 is 1.74 bits per heavy atom. The van der Waals surface area contributed by atoms with Gasteiger partial charge < -0.3 is 19.0 Å². The summed E-state index contributed by atoms with van der Waals surface area (Å²) < 4.78 is 16.9. The van der Waals surface area contributed by atoms with E-state index in [9.17, 15) is 0 Å². The van der Waals surface area contributed by atoms with Gasteiger partial charge in [-0.3, -0.25) is 0 Å². The van der Waals surface area contributed by atoms with Crippen molar-refractivity contribution in [3.63, 3.8) is 0 Å². The Bertz CT molecular complexity index is 304. The van der Waals surface area contributed by atoms with Crippen molar-refractivity contribution in [2.45, 2.75) is 57.8 Å². The fourth-order valence-corrected chi connectivity index (χ4v) is 2.32. The average molecular weight is 271 g/mol. The Morgan fingerprint density at radius 3 is 2.32 bits per heavy atom. The van der Waals surface area contributed by atoms with Gasteiger partial charge in [0.2, 0.25) is 0 Å². The molecule has 110 valence electrons. The first-order chi connectivity index (χ1) is 8.99. The van der Waals surface area contributed by atoms with Crippen molar-refractivity contribution in [2.75, 3.05) is 26.4 Å². The molecule has 2 fully saturated rings. The summed E-state index contributed by atoms with van der Waals surface area (Å²) in [5, 5.41) is 4.18. The van der Waals surface area contributed by atoms with Gasteiger partial charge in [-0.05, 0) is 33.6 Å². The Kier molecular flexibility index (Phi) is 4.81. The molecule has 0 aromatic rings. The lowest BCUT2D eigenvalue weighted by molar-refractivity contribution is -0.168. The summed E-state index contributed by atoms with van der Waals surface area (Å²) in [5.41, 5.74) is 0.978. The molecule has 1 heterocycles. The topological polar surface area (TPSA) is 49.3 Å². The van der Waals surface area contributed by atoms with E-state index < -0.39 is 0 Å². The molecule has 1 aliphatic heterocycles. The predicted octanol–water partition coefficient (Wildman–Crippen LogP) is 2.49. The Balaban J connectivity index is 1.63. The summed E-state index contributed by atoms with van der Waals surface area (Å²) in [6.45, 7) is 8.58. The monoisotopic (exact) mass is 271 g/mol. The molecule has 0 aromatic heterocycles. The van der Waals surface area contributed by atoms with Gasteiger partial charge in [0.15, 0.2) is 5.79 Å². The number of nitrogens with zero attached hydrogens (tertiary/aromatic N) is 1. The second-order valence-electron chi connectivity index (χ2n) is 6.06. The standard InChI is InChI=1S/C14H25NO4/c1-13(2,3)16-10-11-19-15-12-4-6-14(7-5-12)17-8-9-18-14/h4-11H2,1-3H3. The van der Waals surface area contributed by atoms with E-state index in [2.05, 4.69) is 5.16 Å². The van der Waals surface area contributed by atoms with Crippen LogP contribution in [0.2, 0.25) is 0 Å². The lowest BCUT2D eigenvalue weighted by atomic mass is 9.92. The minimum Gasteiger partial charge on any atom is -0.393 e. The summed E-state index contributed by atoms with van der Waals surface area (Å²) in [7, 11) is 0. The lowest BCUT2D eigenvalue weighted by Gasteiger charge is -2.31. The normalized spacial score (nSPS) is 22.8. The molecule has 1 aliphatic carbocycles. The third-order valence-corrected chi connectivity index (χ3v) is 3.31. The number of ether oxygens (including phenoxy) is 3. The van der Waals surface area contributed by atoms with Crippen LogP contribution in [0.5, 0.6) is 0 Å². The third kappa shape index (κ3) is 4.75. The van der Waals surface area contributed by atoms with Crippen LogP contribution in [0.25, 0.3) is 0 Å². The van der Waals surface area contributed by atoms with Crippen LogP contribution in [0.3, 0.4) is 0 Å². The molecular formula is C14H25NO4. The summed E-state index contributed by atoms with van der Waals surface area (Å²) in [4.78, 5) is 5.30. The van der Waals surface area contributed by atoms with Crippen molar-refractivity contribution in [2.24, 2.45) is 5.16 Å². The molecule has 5 heteroatoms. The van der Waals surface area contributed by atoms with Gasteiger partial charge >= 0.3 is 0 Å². The van der Waals surface area contributed by atoms with Crippen LogP contribution in [0.15, 0.2) is 5.16 Å². The molecule has 2 rings (SSSR count). The zero-order chi connectivity index (χ0) is 13.8. The van der Waals surface area contributed by atoms with Gasteiger partial charge in [0.1, 0.15) is 6.61 Å². The zero-order valence-corrected chi connectivity index (χ0v) is 12.2. The zero-order valence-electron chi connectivity index (χ0n) is 12.2. The fraction of sp³-hybridized carbons (Fsp3) is 0.929. The molecule has 0 atom stereocenters. The van der Waals surface area contributed by atoms with Crippen LogP contribution in [-0.4, -0.2) is 43.5 Å². The predicted molar refractivity (Wildman–Crippen MR) is 72.2 cm³/mol. The highest BCUT2D eigenvalue weighted by molar-refractivity contribution is 5.84. The smallest absolute Gasteiger partial charge is 0.169 e. The highest BCUT2D eigenvalue weighted by Crippen LogP contribution is 2.34. The molecule has 0 radical (unpaired) electrons. The van der Waals surface area contributed by atoms with Crippen LogP contribution in [0.1, 0.15) is 46.5 Å². The molecule has 2 aliphatic rings. The van der Waals surface area contributed by atoms with Crippen LogP contribution >= 0.6 is 0 Å². The minimum absolute atomic E-state index is 0.120. The maximum Gasteiger partial charge on any atom is 0.169 e. The number of hydrogen-bond donors (Lipinski definition) is 0. The van der Waals surface area contributed by atoms with Gasteiger partial charge in [0, 0.05) is 12.8 Å². The largest absolute Gasteiger partial charge is 0.393 e. The lowest BCUT2D eigenvalue weighted by Crippen LogP contribution is -2.35. The van der Waals surface area contributed by atoms with E-state index in [1.165, 1.54) is 0 Å². The molecule has 0 aromatic carbocycles. The van der Waals surface area contributed by atoms with E-state index in [4.69, 9.17) is 19.0 Å². The van der Waals surface area contributed by atoms with Crippen molar-refractivity contribution in [1.82, 2.24) is 0 Å². The van der Waals surface area contributed by atoms with E-state index >= 15 is 0 Å². The average Bonchev–Trinajstić information content (AvgIpc) is 2.79. The first kappa shape index (κ1) is 14.8. The second-order valence-corrected chi connectivity index (χ2v) is 6.06. The molecule has 0 amide bonds. The fourth-order valence-electron chi connectivity index (χ4n) is 2.32. The molecule has 1 saturated heterocycles. The Labute approximate surface area is 115 Å². The van der Waals surface area contributed by atoms with Gasteiger partial charge in [-0.15, -0.1) is 0 Å². The van der Waals surface area contributed by atoms with Crippen molar-refractivity contribution in [1.29, 1.82) is 0 Å². The molecule has 0 unspecified atom stereocenters. The highest BCUT2D eigenvalue weighted by atomic mass is 16.7. The van der Waals surface area contributed by atoms with Crippen LogP contribution < -0.4 is 0 Å². The summed E-state index contributed by atoms with van der Waals surface area (Å²) in [6, 6.07) is 0. The second kappa shape index (κ2) is 6.20. The van der Waals surface area contributed by atoms with Gasteiger partial charge in [-0.25, -0.2) is 0 Å². The number of hydrogen-bond acceptors (Lipinski definition) is 5. The SMILES string of the molecule is CC(C)(C)OCCON=C1CCC2(CC1)OCCO2. The summed E-state index contributed by atoms with van der Waals surface area (Å²) in [6.07, 6.45) is 3.54. The van der Waals surface area contributed by atoms with Crippen LogP contribution in [0.4, 0.5) is 0 Å². The van der Waals surface area contributed by atoms with Crippen molar-refractivity contribution in [3.05, 3.63) is 0 Å². The number of rotatable bonds is 4. The first-order valence-corrected chi connectivity index (χ1v) is 7.09. The van der Waals surface area contributed by atoms with E-state index in [0.29, 0.717) is 26.4 Å². The van der Waals surface area contributed by atoms with Gasteiger partial charge in [-0.2, -0.15) is 0 Å². The Morgan fingerprint density at radius 1 is 1.11 bits per heavy atom. The van der Waals surface area contributed by atoms with Crippen molar-refractivity contribution in [3.8, 4) is 0 Å². The summed E-state index contributed by atoms with van der Waals surface area (Å²) in [5.74, 6) is -0.325. The highest BCUT2D eigenvalue weighted by Gasteiger charge is 2.39. The van der Waals surface area contributed by atoms with E-state index in [0.717, 1.165) is 31.4 Å². The van der Waals surface area contributed by atoms with E-state index in [-0.39, 0.29) is 11.4 Å². The molecule has 0 bridgehead atoms. The molecule has 1 saturated carbocycles. The first-order valence-electron chi connectivity index (χ1n) is 7.09. The molecule has 5 nitrogen and oxygen atoms in total. The molecule has 19 heavy (non-hydrogen) atoms. The maximum absolute atomic E-state index is 5.67. The Hall–Kier alpha value is -0.650. The van der Waals surface area contributed by atoms with Gasteiger partial charge in [0.05, 0.1) is 31.1 Å². The van der Waals surface area contributed by atoms with Gasteiger partial charge in [0.25, 0.3) is 0 Å². The third-order valence-electron chi connectivity index (χ3n) is 3.31. The molecule has 0 N–H and O–H groups in total. The van der Waals surface area contributed by atoms with Crippen LogP contribution in [0, 0.1) is 0 Å². The van der Waals surface area contributed by atoms with E-state index in [1.807, 2.05) is 20.8 Å². The number of oxime groups is 1. The van der Waals surface area contributed by atoms with Crippen LogP contribution in [-0.2, 0) is 19.0 Å². The van der Waals surface area contributed by atoms with Crippen molar-refractivity contribution < 1.29 is 19.0 Å². The molecular weight excluding hydrogens is 246 g/mol.